The van der Waals surface area contributed by atoms with Gasteiger partial charge in [-0.15, -0.1) is 17.9 Å². The molecule has 1 aliphatic carbocycles. The van der Waals surface area contributed by atoms with Gasteiger partial charge in [-0.3, -0.25) is 4.79 Å². The van der Waals surface area contributed by atoms with Gasteiger partial charge in [0.2, 0.25) is 5.91 Å². The number of hydrogen-bond acceptors (Lipinski definition) is 5. The first kappa shape index (κ1) is 15.5. The summed E-state index contributed by atoms with van der Waals surface area (Å²) < 4.78 is 0. The normalized spacial score (nSPS) is 15.3. The van der Waals surface area contributed by atoms with Gasteiger partial charge in [-0.2, -0.15) is 0 Å². The molecule has 0 bridgehead atoms. The van der Waals surface area contributed by atoms with Crippen LogP contribution in [-0.2, 0) is 17.6 Å². The minimum atomic E-state index is -0.183. The monoisotopic (exact) mass is 333 g/mol. The van der Waals surface area contributed by atoms with Crippen molar-refractivity contribution in [2.45, 2.75) is 42.9 Å². The number of thioether (sulfide) groups is 1. The van der Waals surface area contributed by atoms with Crippen molar-refractivity contribution in [2.24, 2.45) is 0 Å². The fraction of sp³-hybridized carbons (Fsp3) is 0.438. The van der Waals surface area contributed by atoms with Crippen LogP contribution in [0.25, 0.3) is 10.2 Å². The van der Waals surface area contributed by atoms with E-state index in [1.165, 1.54) is 40.4 Å². The summed E-state index contributed by atoms with van der Waals surface area (Å²) in [5.41, 5.74) is 1.41. The van der Waals surface area contributed by atoms with Gasteiger partial charge >= 0.3 is 0 Å². The Morgan fingerprint density at radius 2 is 2.32 bits per heavy atom. The van der Waals surface area contributed by atoms with E-state index in [1.54, 1.807) is 23.7 Å². The molecule has 0 spiro atoms. The second kappa shape index (κ2) is 6.79. The van der Waals surface area contributed by atoms with E-state index in [2.05, 4.69) is 21.9 Å². The molecule has 116 valence electrons. The molecule has 0 saturated heterocycles. The molecule has 22 heavy (non-hydrogen) atoms. The van der Waals surface area contributed by atoms with E-state index >= 15 is 0 Å². The second-order valence-corrected chi connectivity index (χ2v) is 7.78. The first-order chi connectivity index (χ1) is 10.7. The third-order valence-corrected chi connectivity index (χ3v) is 6.10. The minimum absolute atomic E-state index is 0.0146. The molecule has 0 unspecified atom stereocenters. The quantitative estimate of drug-likeness (QED) is 0.518. The smallest absolute Gasteiger partial charge is 0.233 e. The number of hydrogen-bond donors (Lipinski definition) is 1. The molecule has 2 aromatic rings. The highest BCUT2D eigenvalue weighted by Gasteiger charge is 2.22. The fourth-order valence-corrected chi connectivity index (χ4v) is 4.95. The summed E-state index contributed by atoms with van der Waals surface area (Å²) in [6.45, 7) is 6.03. The first-order valence-electron chi connectivity index (χ1n) is 7.51. The van der Waals surface area contributed by atoms with Gasteiger partial charge in [0.1, 0.15) is 16.2 Å². The largest absolute Gasteiger partial charge is 0.352 e. The van der Waals surface area contributed by atoms with Crippen molar-refractivity contribution in [2.75, 3.05) is 6.54 Å². The van der Waals surface area contributed by atoms with Gasteiger partial charge < -0.3 is 5.32 Å². The summed E-state index contributed by atoms with van der Waals surface area (Å²) in [7, 11) is 0. The van der Waals surface area contributed by atoms with Crippen LogP contribution >= 0.6 is 23.1 Å². The molecule has 2 heterocycles. The first-order valence-corrected chi connectivity index (χ1v) is 9.21. The zero-order valence-corrected chi connectivity index (χ0v) is 14.2. The number of nitrogens with zero attached hydrogens (tertiary/aromatic N) is 2. The number of nitrogens with one attached hydrogen (secondary N) is 1. The highest BCUT2D eigenvalue weighted by molar-refractivity contribution is 8.00. The molecule has 3 rings (SSSR count). The van der Waals surface area contributed by atoms with Crippen molar-refractivity contribution in [1.82, 2.24) is 15.3 Å². The molecular weight excluding hydrogens is 314 g/mol. The Morgan fingerprint density at radius 3 is 3.14 bits per heavy atom. The summed E-state index contributed by atoms with van der Waals surface area (Å²) in [5.74, 6) is 0.0146. The van der Waals surface area contributed by atoms with E-state index in [0.29, 0.717) is 6.54 Å². The lowest BCUT2D eigenvalue weighted by Gasteiger charge is -2.13. The van der Waals surface area contributed by atoms with Crippen molar-refractivity contribution in [3.8, 4) is 0 Å². The van der Waals surface area contributed by atoms with Crippen molar-refractivity contribution in [3.63, 3.8) is 0 Å². The molecule has 0 radical (unpaired) electrons. The van der Waals surface area contributed by atoms with Gasteiger partial charge in [-0.05, 0) is 38.2 Å². The molecule has 0 fully saturated rings. The number of fused-ring (bicyclic) bond motifs is 3. The Kier molecular flexibility index (Phi) is 4.78. The summed E-state index contributed by atoms with van der Waals surface area (Å²) in [6, 6.07) is 0. The molecule has 1 amide bonds. The van der Waals surface area contributed by atoms with Crippen LogP contribution in [-0.4, -0.2) is 27.7 Å². The van der Waals surface area contributed by atoms with Crippen LogP contribution in [0, 0.1) is 0 Å². The van der Waals surface area contributed by atoms with Gasteiger partial charge in [-0.1, -0.05) is 17.8 Å². The maximum absolute atomic E-state index is 12.0. The summed E-state index contributed by atoms with van der Waals surface area (Å²) in [4.78, 5) is 23.4. The van der Waals surface area contributed by atoms with Crippen molar-refractivity contribution in [1.29, 1.82) is 0 Å². The van der Waals surface area contributed by atoms with E-state index in [1.807, 2.05) is 6.92 Å². The van der Waals surface area contributed by atoms with Crippen LogP contribution in [0.2, 0.25) is 0 Å². The standard InChI is InChI=1S/C16H19N3OS2/c1-3-8-17-14(20)10(2)21-15-13-11-6-4-5-7-12(11)22-16(13)19-9-18-15/h3,9-10H,1,4-8H2,2H3,(H,17,20)/t10-/m0/s1. The maximum atomic E-state index is 12.0. The Balaban J connectivity index is 1.89. The van der Waals surface area contributed by atoms with Gasteiger partial charge in [-0.25, -0.2) is 9.97 Å². The minimum Gasteiger partial charge on any atom is -0.352 e. The Labute approximate surface area is 138 Å². The Morgan fingerprint density at radius 1 is 1.50 bits per heavy atom. The molecule has 4 nitrogen and oxygen atoms in total. The molecule has 2 aromatic heterocycles. The molecular formula is C16H19N3OS2. The van der Waals surface area contributed by atoms with Crippen LogP contribution in [0.4, 0.5) is 0 Å². The molecule has 0 aromatic carbocycles. The van der Waals surface area contributed by atoms with Crippen LogP contribution in [0.3, 0.4) is 0 Å². The van der Waals surface area contributed by atoms with E-state index < -0.39 is 0 Å². The number of carbonyl (C=O) groups is 1. The lowest BCUT2D eigenvalue weighted by atomic mass is 9.97. The number of aryl methyl sites for hydroxylation is 2. The number of aromatic nitrogens is 2. The third-order valence-electron chi connectivity index (χ3n) is 3.79. The van der Waals surface area contributed by atoms with Gasteiger partial charge in [0.05, 0.1) is 5.25 Å². The highest BCUT2D eigenvalue weighted by Crippen LogP contribution is 2.40. The SMILES string of the molecule is C=CCNC(=O)[C@H](C)Sc1ncnc2sc3c(c12)CCCC3. The third kappa shape index (κ3) is 3.03. The van der Waals surface area contributed by atoms with Crippen LogP contribution in [0.15, 0.2) is 24.0 Å². The average Bonchev–Trinajstić information content (AvgIpc) is 2.92. The molecule has 0 saturated carbocycles. The average molecular weight is 333 g/mol. The molecule has 0 aliphatic heterocycles. The molecule has 1 atom stereocenters. The van der Waals surface area contributed by atoms with Gasteiger partial charge in [0.15, 0.2) is 0 Å². The molecule has 6 heteroatoms. The Hall–Kier alpha value is -1.40. The maximum Gasteiger partial charge on any atom is 0.233 e. The van der Waals surface area contributed by atoms with Crippen molar-refractivity contribution < 1.29 is 4.79 Å². The molecule has 1 aliphatic rings. The zero-order chi connectivity index (χ0) is 15.5. The van der Waals surface area contributed by atoms with Crippen molar-refractivity contribution in [3.05, 3.63) is 29.4 Å². The van der Waals surface area contributed by atoms with Gasteiger partial charge in [0.25, 0.3) is 0 Å². The number of rotatable bonds is 5. The van der Waals surface area contributed by atoms with E-state index in [4.69, 9.17) is 0 Å². The summed E-state index contributed by atoms with van der Waals surface area (Å²) >= 11 is 3.30. The van der Waals surface area contributed by atoms with Crippen LogP contribution < -0.4 is 5.32 Å². The van der Waals surface area contributed by atoms with Crippen molar-refractivity contribution >= 4 is 39.2 Å². The van der Waals surface area contributed by atoms with Gasteiger partial charge in [0, 0.05) is 16.8 Å². The lowest BCUT2D eigenvalue weighted by Crippen LogP contribution is -2.30. The van der Waals surface area contributed by atoms with E-state index in [0.717, 1.165) is 22.7 Å². The topological polar surface area (TPSA) is 54.9 Å². The van der Waals surface area contributed by atoms with E-state index in [9.17, 15) is 4.79 Å². The van der Waals surface area contributed by atoms with Crippen LogP contribution in [0.1, 0.15) is 30.2 Å². The highest BCUT2D eigenvalue weighted by atomic mass is 32.2. The summed E-state index contributed by atoms with van der Waals surface area (Å²) in [6.07, 6.45) is 8.04. The zero-order valence-electron chi connectivity index (χ0n) is 12.6. The molecule has 1 N–H and O–H groups in total. The predicted octanol–water partition coefficient (Wildman–Crippen LogP) is 3.35. The number of carbonyl (C=O) groups excluding carboxylic acids is 1. The second-order valence-electron chi connectivity index (χ2n) is 5.36. The summed E-state index contributed by atoms with van der Waals surface area (Å²) in [5, 5.41) is 4.77. The number of amides is 1. The van der Waals surface area contributed by atoms with Crippen LogP contribution in [0.5, 0.6) is 0 Å². The number of thiophene rings is 1. The lowest BCUT2D eigenvalue weighted by molar-refractivity contribution is -0.120. The Bertz CT molecular complexity index is 711. The predicted molar refractivity (Wildman–Crippen MR) is 92.6 cm³/mol. The fourth-order valence-electron chi connectivity index (χ4n) is 2.69. The van der Waals surface area contributed by atoms with E-state index in [-0.39, 0.29) is 11.2 Å².